The van der Waals surface area contributed by atoms with Crippen molar-refractivity contribution in [1.29, 1.82) is 0 Å². The third kappa shape index (κ3) is 2.74. The molecule has 1 aromatic rings. The van der Waals surface area contributed by atoms with Crippen LogP contribution < -0.4 is 5.32 Å². The highest BCUT2D eigenvalue weighted by Gasteiger charge is 2.12. The molecule has 2 heteroatoms. The first kappa shape index (κ1) is 11.1. The predicted molar refractivity (Wildman–Crippen MR) is 59.3 cm³/mol. The smallest absolute Gasteiger partial charge is 0.105 e. The summed E-state index contributed by atoms with van der Waals surface area (Å²) in [5.74, 6) is 1.02. The van der Waals surface area contributed by atoms with E-state index < -0.39 is 0 Å². The molecule has 1 rings (SSSR count). The molecule has 2 nitrogen and oxygen atoms in total. The van der Waals surface area contributed by atoms with Crippen molar-refractivity contribution in [3.05, 3.63) is 36.3 Å². The lowest BCUT2D eigenvalue weighted by Crippen LogP contribution is -2.16. The van der Waals surface area contributed by atoms with Gasteiger partial charge in [-0.3, -0.25) is 0 Å². The van der Waals surface area contributed by atoms with Crippen LogP contribution in [-0.2, 0) is 0 Å². The Morgan fingerprint density at radius 1 is 1.64 bits per heavy atom. The maximum atomic E-state index is 5.29. The van der Waals surface area contributed by atoms with Crippen LogP contribution in [0, 0.1) is 6.92 Å². The minimum Gasteiger partial charge on any atom is -0.469 e. The van der Waals surface area contributed by atoms with Gasteiger partial charge >= 0.3 is 0 Å². The van der Waals surface area contributed by atoms with Crippen LogP contribution in [0.3, 0.4) is 0 Å². The van der Waals surface area contributed by atoms with Gasteiger partial charge in [0.25, 0.3) is 0 Å². The highest BCUT2D eigenvalue weighted by molar-refractivity contribution is 5.19. The summed E-state index contributed by atoms with van der Waals surface area (Å²) in [6, 6.07) is 2.46. The number of hydrogen-bond acceptors (Lipinski definition) is 2. The minimum absolute atomic E-state index is 0.411. The normalized spacial score (nSPS) is 12.7. The summed E-state index contributed by atoms with van der Waals surface area (Å²) in [4.78, 5) is 0. The zero-order valence-electron chi connectivity index (χ0n) is 9.05. The monoisotopic (exact) mass is 193 g/mol. The second-order valence-electron chi connectivity index (χ2n) is 3.49. The van der Waals surface area contributed by atoms with Gasteiger partial charge in [0, 0.05) is 11.6 Å². The summed E-state index contributed by atoms with van der Waals surface area (Å²) in [5, 5.41) is 3.31. The first-order valence-electron chi connectivity index (χ1n) is 5.11. The molecule has 1 N–H and O–H groups in total. The summed E-state index contributed by atoms with van der Waals surface area (Å²) in [6.45, 7) is 5.73. The van der Waals surface area contributed by atoms with Gasteiger partial charge in [-0.1, -0.05) is 6.08 Å². The summed E-state index contributed by atoms with van der Waals surface area (Å²) in [5.41, 5.74) is 1.27. The maximum absolute atomic E-state index is 5.29. The molecular formula is C12H19NO. The van der Waals surface area contributed by atoms with Crippen molar-refractivity contribution >= 4 is 0 Å². The standard InChI is InChI=1S/C12H19NO/c1-4-5-6-7-12(13-3)11-8-9-14-10(11)2/h4,8-9,12-13H,1,5-7H2,2-3H3. The fourth-order valence-electron chi connectivity index (χ4n) is 1.68. The highest BCUT2D eigenvalue weighted by atomic mass is 16.3. The second-order valence-corrected chi connectivity index (χ2v) is 3.49. The van der Waals surface area contributed by atoms with E-state index in [0.29, 0.717) is 6.04 Å². The topological polar surface area (TPSA) is 25.2 Å². The van der Waals surface area contributed by atoms with Crippen molar-refractivity contribution in [1.82, 2.24) is 5.32 Å². The largest absolute Gasteiger partial charge is 0.469 e. The van der Waals surface area contributed by atoms with Gasteiger partial charge < -0.3 is 9.73 Å². The zero-order chi connectivity index (χ0) is 10.4. The molecule has 78 valence electrons. The van der Waals surface area contributed by atoms with Gasteiger partial charge in [0.05, 0.1) is 6.26 Å². The van der Waals surface area contributed by atoms with Gasteiger partial charge in [0.2, 0.25) is 0 Å². The Bertz CT molecular complexity index is 278. The van der Waals surface area contributed by atoms with E-state index in [9.17, 15) is 0 Å². The van der Waals surface area contributed by atoms with Gasteiger partial charge in [0.15, 0.2) is 0 Å². The van der Waals surface area contributed by atoms with Crippen LogP contribution in [-0.4, -0.2) is 7.05 Å². The lowest BCUT2D eigenvalue weighted by molar-refractivity contribution is 0.493. The van der Waals surface area contributed by atoms with Crippen LogP contribution in [0.15, 0.2) is 29.4 Å². The molecule has 0 fully saturated rings. The Labute approximate surface area is 86.0 Å². The summed E-state index contributed by atoms with van der Waals surface area (Å²) < 4.78 is 5.29. The molecule has 0 aliphatic heterocycles. The number of allylic oxidation sites excluding steroid dienone is 1. The molecule has 0 aliphatic rings. The van der Waals surface area contributed by atoms with Crippen LogP contribution in [0.5, 0.6) is 0 Å². The summed E-state index contributed by atoms with van der Waals surface area (Å²) in [6.07, 6.45) is 7.09. The third-order valence-corrected chi connectivity index (χ3v) is 2.52. The lowest BCUT2D eigenvalue weighted by Gasteiger charge is -2.14. The predicted octanol–water partition coefficient (Wildman–Crippen LogP) is 3.20. The molecule has 1 atom stereocenters. The Balaban J connectivity index is 2.54. The molecule has 0 aliphatic carbocycles. The molecule has 0 saturated heterocycles. The van der Waals surface area contributed by atoms with E-state index in [4.69, 9.17) is 4.42 Å². The minimum atomic E-state index is 0.411. The third-order valence-electron chi connectivity index (χ3n) is 2.52. The zero-order valence-corrected chi connectivity index (χ0v) is 9.05. The molecule has 0 radical (unpaired) electrons. The quantitative estimate of drug-likeness (QED) is 0.554. The molecule has 0 amide bonds. The van der Waals surface area contributed by atoms with E-state index >= 15 is 0 Å². The molecule has 0 spiro atoms. The van der Waals surface area contributed by atoms with Crippen LogP contribution in [0.4, 0.5) is 0 Å². The number of nitrogens with one attached hydrogen (secondary N) is 1. The average molecular weight is 193 g/mol. The summed E-state index contributed by atoms with van der Waals surface area (Å²) in [7, 11) is 1.99. The molecule has 0 bridgehead atoms. The first-order valence-corrected chi connectivity index (χ1v) is 5.11. The molecule has 1 heterocycles. The molecule has 14 heavy (non-hydrogen) atoms. The van der Waals surface area contributed by atoms with E-state index in [1.807, 2.05) is 26.1 Å². The van der Waals surface area contributed by atoms with Gasteiger partial charge in [-0.15, -0.1) is 6.58 Å². The number of hydrogen-bond donors (Lipinski definition) is 1. The van der Waals surface area contributed by atoms with E-state index in [0.717, 1.165) is 18.6 Å². The van der Waals surface area contributed by atoms with Gasteiger partial charge in [-0.25, -0.2) is 0 Å². The SMILES string of the molecule is C=CCCCC(NC)c1ccoc1C. The highest BCUT2D eigenvalue weighted by Crippen LogP contribution is 2.22. The van der Waals surface area contributed by atoms with Crippen LogP contribution >= 0.6 is 0 Å². The van der Waals surface area contributed by atoms with Crippen molar-refractivity contribution < 1.29 is 4.42 Å². The molecule has 1 unspecified atom stereocenters. The van der Waals surface area contributed by atoms with Gasteiger partial charge in [0.1, 0.15) is 5.76 Å². The van der Waals surface area contributed by atoms with Crippen molar-refractivity contribution in [2.75, 3.05) is 7.05 Å². The van der Waals surface area contributed by atoms with E-state index in [1.54, 1.807) is 6.26 Å². The van der Waals surface area contributed by atoms with Crippen LogP contribution in [0.25, 0.3) is 0 Å². The van der Waals surface area contributed by atoms with Gasteiger partial charge in [-0.05, 0) is 39.3 Å². The molecule has 1 aromatic heterocycles. The first-order chi connectivity index (χ1) is 6.79. The number of furan rings is 1. The van der Waals surface area contributed by atoms with Crippen molar-refractivity contribution in [3.63, 3.8) is 0 Å². The molecule has 0 aromatic carbocycles. The Kier molecular flexibility index (Phi) is 4.47. The van der Waals surface area contributed by atoms with Crippen molar-refractivity contribution in [2.24, 2.45) is 0 Å². The van der Waals surface area contributed by atoms with E-state index in [1.165, 1.54) is 12.0 Å². The van der Waals surface area contributed by atoms with Crippen molar-refractivity contribution in [3.8, 4) is 0 Å². The van der Waals surface area contributed by atoms with Crippen LogP contribution in [0.1, 0.15) is 36.6 Å². The molecule has 0 saturated carbocycles. The number of unbranched alkanes of at least 4 members (excludes halogenated alkanes) is 1. The Morgan fingerprint density at radius 3 is 2.93 bits per heavy atom. The van der Waals surface area contributed by atoms with Gasteiger partial charge in [-0.2, -0.15) is 0 Å². The van der Waals surface area contributed by atoms with E-state index in [2.05, 4.69) is 11.9 Å². The fraction of sp³-hybridized carbons (Fsp3) is 0.500. The Hall–Kier alpha value is -1.02. The second kappa shape index (κ2) is 5.66. The fourth-order valence-corrected chi connectivity index (χ4v) is 1.68. The summed E-state index contributed by atoms with van der Waals surface area (Å²) >= 11 is 0. The number of aryl methyl sites for hydroxylation is 1. The average Bonchev–Trinajstić information content (AvgIpc) is 2.60. The lowest BCUT2D eigenvalue weighted by atomic mass is 10.0. The van der Waals surface area contributed by atoms with Crippen molar-refractivity contribution in [2.45, 2.75) is 32.2 Å². The van der Waals surface area contributed by atoms with E-state index in [-0.39, 0.29) is 0 Å². The van der Waals surface area contributed by atoms with Crippen LogP contribution in [0.2, 0.25) is 0 Å². The maximum Gasteiger partial charge on any atom is 0.105 e. The molecular weight excluding hydrogens is 174 g/mol. The Morgan fingerprint density at radius 2 is 2.43 bits per heavy atom. The number of rotatable bonds is 6.